The molecule has 0 bridgehead atoms. The predicted molar refractivity (Wildman–Crippen MR) is 43.1 cm³/mol. The number of carboxylic acids is 1. The summed E-state index contributed by atoms with van der Waals surface area (Å²) in [7, 11) is 0. The van der Waals surface area contributed by atoms with Gasteiger partial charge >= 0.3 is 5.97 Å². The largest absolute Gasteiger partial charge is 0.478 e. The topological polar surface area (TPSA) is 50.4 Å². The molecule has 0 fully saturated rings. The molecule has 4 heteroatoms. The van der Waals surface area contributed by atoms with Crippen molar-refractivity contribution in [3.8, 4) is 0 Å². The number of aromatic carboxylic acids is 1. The van der Waals surface area contributed by atoms with E-state index in [1.54, 1.807) is 0 Å². The van der Waals surface area contributed by atoms with Crippen molar-refractivity contribution in [3.05, 3.63) is 35.8 Å². The predicted octanol–water partition coefficient (Wildman–Crippen LogP) is 2.27. The summed E-state index contributed by atoms with van der Waals surface area (Å²) in [6.45, 7) is 0. The molecule has 2 aromatic rings. The second-order valence-electron chi connectivity index (χ2n) is 2.60. The van der Waals surface area contributed by atoms with Crippen LogP contribution in [0.3, 0.4) is 0 Å². The molecule has 0 aliphatic heterocycles. The van der Waals surface area contributed by atoms with E-state index in [1.165, 1.54) is 18.4 Å². The van der Waals surface area contributed by atoms with Gasteiger partial charge in [0.2, 0.25) is 0 Å². The van der Waals surface area contributed by atoms with Crippen molar-refractivity contribution >= 4 is 16.9 Å². The summed E-state index contributed by atoms with van der Waals surface area (Å²) in [6, 6.07) is 3.82. The molecule has 2 rings (SSSR count). The molecule has 3 nitrogen and oxygen atoms in total. The van der Waals surface area contributed by atoms with Gasteiger partial charge in [-0.05, 0) is 18.2 Å². The van der Waals surface area contributed by atoms with E-state index in [2.05, 4.69) is 0 Å². The minimum absolute atomic E-state index is 0.0774. The van der Waals surface area contributed by atoms with Crippen molar-refractivity contribution in [2.45, 2.75) is 0 Å². The van der Waals surface area contributed by atoms with E-state index in [4.69, 9.17) is 9.52 Å². The molecular weight excluding hydrogens is 175 g/mol. The van der Waals surface area contributed by atoms with E-state index in [-0.39, 0.29) is 11.1 Å². The van der Waals surface area contributed by atoms with Gasteiger partial charge in [0.1, 0.15) is 0 Å². The Labute approximate surface area is 72.4 Å². The zero-order valence-electron chi connectivity index (χ0n) is 6.45. The number of rotatable bonds is 1. The van der Waals surface area contributed by atoms with E-state index in [9.17, 15) is 9.18 Å². The van der Waals surface area contributed by atoms with Crippen molar-refractivity contribution < 1.29 is 18.7 Å². The Kier molecular flexibility index (Phi) is 1.55. The average molecular weight is 180 g/mol. The third kappa shape index (κ3) is 1.16. The van der Waals surface area contributed by atoms with Crippen LogP contribution in [0.1, 0.15) is 10.4 Å². The number of hydrogen-bond donors (Lipinski definition) is 1. The lowest BCUT2D eigenvalue weighted by Gasteiger charge is -1.95. The molecule has 0 saturated heterocycles. The van der Waals surface area contributed by atoms with Crippen molar-refractivity contribution in [3.63, 3.8) is 0 Å². The molecule has 1 N–H and O–H groups in total. The Bertz CT molecular complexity index is 473. The first kappa shape index (κ1) is 7.79. The molecule has 1 aromatic heterocycles. The normalized spacial score (nSPS) is 10.5. The highest BCUT2D eigenvalue weighted by Crippen LogP contribution is 2.20. The number of furan rings is 1. The van der Waals surface area contributed by atoms with Crippen LogP contribution in [0.2, 0.25) is 0 Å². The monoisotopic (exact) mass is 180 g/mol. The van der Waals surface area contributed by atoms with Crippen LogP contribution in [0.15, 0.2) is 28.9 Å². The third-order valence-corrected chi connectivity index (χ3v) is 1.75. The van der Waals surface area contributed by atoms with Gasteiger partial charge in [0.15, 0.2) is 11.4 Å². The van der Waals surface area contributed by atoms with Crippen molar-refractivity contribution in [1.82, 2.24) is 0 Å². The van der Waals surface area contributed by atoms with Gasteiger partial charge in [0.25, 0.3) is 0 Å². The van der Waals surface area contributed by atoms with E-state index < -0.39 is 11.8 Å². The van der Waals surface area contributed by atoms with Crippen LogP contribution in [-0.2, 0) is 0 Å². The minimum Gasteiger partial charge on any atom is -0.478 e. The summed E-state index contributed by atoms with van der Waals surface area (Å²) in [5, 5.41) is 9.06. The number of hydrogen-bond acceptors (Lipinski definition) is 2. The third-order valence-electron chi connectivity index (χ3n) is 1.75. The van der Waals surface area contributed by atoms with E-state index >= 15 is 0 Å². The van der Waals surface area contributed by atoms with Crippen LogP contribution in [0, 0.1) is 5.82 Å². The first-order valence-corrected chi connectivity index (χ1v) is 3.58. The van der Waals surface area contributed by atoms with Crippen LogP contribution in [-0.4, -0.2) is 11.1 Å². The summed E-state index contributed by atoms with van der Waals surface area (Å²) in [6.07, 6.45) is 1.32. The molecule has 0 amide bonds. The lowest BCUT2D eigenvalue weighted by atomic mass is 10.1. The van der Waals surface area contributed by atoms with E-state index in [0.717, 1.165) is 6.07 Å². The molecule has 0 saturated carbocycles. The van der Waals surface area contributed by atoms with Crippen LogP contribution in [0.4, 0.5) is 4.39 Å². The molecule has 0 aliphatic rings. The van der Waals surface area contributed by atoms with Gasteiger partial charge in [0.05, 0.1) is 11.8 Å². The molecular formula is C9H5FO3. The Morgan fingerprint density at radius 2 is 2.23 bits per heavy atom. The van der Waals surface area contributed by atoms with E-state index in [1.807, 2.05) is 0 Å². The number of carboxylic acid groups (broad SMARTS) is 1. The summed E-state index contributed by atoms with van der Waals surface area (Å²) in [4.78, 5) is 10.5. The maximum atomic E-state index is 13.1. The Morgan fingerprint density at radius 3 is 2.92 bits per heavy atom. The van der Waals surface area contributed by atoms with Crippen LogP contribution in [0.5, 0.6) is 0 Å². The molecule has 1 heterocycles. The van der Waals surface area contributed by atoms with E-state index in [0.29, 0.717) is 5.39 Å². The Balaban J connectivity index is 2.77. The summed E-state index contributed by atoms with van der Waals surface area (Å²) in [5.41, 5.74) is 0.0106. The lowest BCUT2D eigenvalue weighted by Crippen LogP contribution is -1.96. The maximum Gasteiger partial charge on any atom is 0.335 e. The highest BCUT2D eigenvalue weighted by molar-refractivity contribution is 5.93. The van der Waals surface area contributed by atoms with Gasteiger partial charge in [-0.25, -0.2) is 9.18 Å². The SMILES string of the molecule is O=C(O)c1cc(F)c2occc2c1. The number of carbonyl (C=O) groups is 1. The first-order valence-electron chi connectivity index (χ1n) is 3.58. The number of fused-ring (bicyclic) bond motifs is 1. The molecule has 66 valence electrons. The Morgan fingerprint density at radius 1 is 1.46 bits per heavy atom. The molecule has 0 atom stereocenters. The van der Waals surface area contributed by atoms with Crippen LogP contribution < -0.4 is 0 Å². The highest BCUT2D eigenvalue weighted by atomic mass is 19.1. The standard InChI is InChI=1S/C9H5FO3/c10-7-4-6(9(11)12)3-5-1-2-13-8(5)7/h1-4H,(H,11,12). The lowest BCUT2D eigenvalue weighted by molar-refractivity contribution is 0.0696. The van der Waals surface area contributed by atoms with Crippen molar-refractivity contribution in [2.24, 2.45) is 0 Å². The van der Waals surface area contributed by atoms with Gasteiger partial charge in [-0.2, -0.15) is 0 Å². The van der Waals surface area contributed by atoms with Gasteiger partial charge in [-0.15, -0.1) is 0 Å². The van der Waals surface area contributed by atoms with Crippen LogP contribution in [0.25, 0.3) is 11.0 Å². The van der Waals surface area contributed by atoms with Gasteiger partial charge in [-0.3, -0.25) is 0 Å². The Hall–Kier alpha value is -1.84. The fourth-order valence-corrected chi connectivity index (χ4v) is 1.16. The average Bonchev–Trinajstić information content (AvgIpc) is 2.51. The molecule has 13 heavy (non-hydrogen) atoms. The molecule has 1 aromatic carbocycles. The van der Waals surface area contributed by atoms with Crippen molar-refractivity contribution in [1.29, 1.82) is 0 Å². The zero-order valence-corrected chi connectivity index (χ0v) is 6.45. The highest BCUT2D eigenvalue weighted by Gasteiger charge is 2.10. The maximum absolute atomic E-state index is 13.1. The van der Waals surface area contributed by atoms with Crippen LogP contribution >= 0.6 is 0 Å². The molecule has 0 radical (unpaired) electrons. The zero-order chi connectivity index (χ0) is 9.42. The quantitative estimate of drug-likeness (QED) is 0.732. The summed E-state index contributed by atoms with van der Waals surface area (Å²) >= 11 is 0. The van der Waals surface area contributed by atoms with Crippen molar-refractivity contribution in [2.75, 3.05) is 0 Å². The second-order valence-corrected chi connectivity index (χ2v) is 2.60. The smallest absolute Gasteiger partial charge is 0.335 e. The fraction of sp³-hybridized carbons (Fsp3) is 0. The first-order chi connectivity index (χ1) is 6.18. The molecule has 0 unspecified atom stereocenters. The summed E-state index contributed by atoms with van der Waals surface area (Å²) < 4.78 is 17.9. The van der Waals surface area contributed by atoms with Gasteiger partial charge in [0, 0.05) is 5.39 Å². The number of benzene rings is 1. The van der Waals surface area contributed by atoms with Gasteiger partial charge in [-0.1, -0.05) is 0 Å². The second kappa shape index (κ2) is 2.58. The molecule has 0 spiro atoms. The van der Waals surface area contributed by atoms with Gasteiger partial charge < -0.3 is 9.52 Å². The summed E-state index contributed by atoms with van der Waals surface area (Å²) in [5.74, 6) is -1.80. The fourth-order valence-electron chi connectivity index (χ4n) is 1.16. The minimum atomic E-state index is -1.15. The molecule has 0 aliphatic carbocycles. The number of halogens is 1.